The Labute approximate surface area is 99.1 Å². The predicted molar refractivity (Wildman–Crippen MR) is 67.1 cm³/mol. The number of nitrogens with one attached hydrogen (secondary N) is 1. The minimum atomic E-state index is 0.264. The van der Waals surface area contributed by atoms with Crippen molar-refractivity contribution in [2.45, 2.75) is 13.0 Å². The summed E-state index contributed by atoms with van der Waals surface area (Å²) in [5, 5.41) is 5.41. The molecule has 2 rings (SSSR count). The zero-order valence-electron chi connectivity index (χ0n) is 9.31. The van der Waals surface area contributed by atoms with Gasteiger partial charge in [0.1, 0.15) is 11.6 Å². The van der Waals surface area contributed by atoms with Crippen molar-refractivity contribution in [1.82, 2.24) is 4.98 Å². The van der Waals surface area contributed by atoms with Gasteiger partial charge in [-0.1, -0.05) is 6.07 Å². The molecule has 0 aromatic carbocycles. The number of hydrogen-bond donors (Lipinski definition) is 1. The topological polar surface area (TPSA) is 34.1 Å². The first-order valence-corrected chi connectivity index (χ1v) is 5.97. The van der Waals surface area contributed by atoms with Gasteiger partial charge in [0, 0.05) is 17.1 Å². The molecule has 2 aromatic rings. The van der Waals surface area contributed by atoms with Gasteiger partial charge in [-0.2, -0.15) is 0 Å². The highest BCUT2D eigenvalue weighted by atomic mass is 32.1. The van der Waals surface area contributed by atoms with E-state index in [2.05, 4.69) is 34.7 Å². The van der Waals surface area contributed by atoms with E-state index in [0.717, 1.165) is 11.6 Å². The van der Waals surface area contributed by atoms with Crippen molar-refractivity contribution in [3.63, 3.8) is 0 Å². The standard InChI is InChI=1S/C12H14N2OS/c1-9(11-4-3-7-16-11)14-12-8-10(15-2)5-6-13-12/h3-9H,1-2H3,(H,13,14). The molecule has 2 heterocycles. The normalized spacial score (nSPS) is 12.1. The zero-order chi connectivity index (χ0) is 11.4. The Balaban J connectivity index is 2.08. The lowest BCUT2D eigenvalue weighted by atomic mass is 10.2. The van der Waals surface area contributed by atoms with E-state index in [0.29, 0.717) is 0 Å². The third-order valence-electron chi connectivity index (χ3n) is 2.30. The second-order valence-electron chi connectivity index (χ2n) is 3.46. The third-order valence-corrected chi connectivity index (χ3v) is 3.36. The summed E-state index contributed by atoms with van der Waals surface area (Å²) in [6, 6.07) is 8.16. The van der Waals surface area contributed by atoms with Gasteiger partial charge in [0.2, 0.25) is 0 Å². The molecule has 0 fully saturated rings. The first-order valence-electron chi connectivity index (χ1n) is 5.09. The summed E-state index contributed by atoms with van der Waals surface area (Å²) in [6.07, 6.45) is 1.74. The van der Waals surface area contributed by atoms with E-state index in [4.69, 9.17) is 4.74 Å². The van der Waals surface area contributed by atoms with Gasteiger partial charge >= 0.3 is 0 Å². The lowest BCUT2D eigenvalue weighted by molar-refractivity contribution is 0.414. The number of aromatic nitrogens is 1. The van der Waals surface area contributed by atoms with Crippen molar-refractivity contribution in [3.8, 4) is 5.75 Å². The van der Waals surface area contributed by atoms with E-state index in [9.17, 15) is 0 Å². The Kier molecular flexibility index (Phi) is 3.41. The smallest absolute Gasteiger partial charge is 0.130 e. The number of methoxy groups -OCH3 is 1. The molecule has 0 radical (unpaired) electrons. The van der Waals surface area contributed by atoms with E-state index >= 15 is 0 Å². The molecule has 0 saturated carbocycles. The maximum absolute atomic E-state index is 5.15. The summed E-state index contributed by atoms with van der Waals surface area (Å²) >= 11 is 1.74. The van der Waals surface area contributed by atoms with Crippen molar-refractivity contribution in [2.75, 3.05) is 12.4 Å². The summed E-state index contributed by atoms with van der Waals surface area (Å²) < 4.78 is 5.15. The van der Waals surface area contributed by atoms with Crippen LogP contribution in [0.1, 0.15) is 17.8 Å². The van der Waals surface area contributed by atoms with Crippen molar-refractivity contribution >= 4 is 17.2 Å². The van der Waals surface area contributed by atoms with Crippen molar-refractivity contribution in [3.05, 3.63) is 40.7 Å². The molecule has 1 unspecified atom stereocenters. The minimum absolute atomic E-state index is 0.264. The van der Waals surface area contributed by atoms with Crippen molar-refractivity contribution in [2.24, 2.45) is 0 Å². The van der Waals surface area contributed by atoms with Gasteiger partial charge in [0.15, 0.2) is 0 Å². The van der Waals surface area contributed by atoms with Crippen LogP contribution in [-0.2, 0) is 0 Å². The van der Waals surface area contributed by atoms with Crippen LogP contribution in [0, 0.1) is 0 Å². The van der Waals surface area contributed by atoms with Gasteiger partial charge in [-0.25, -0.2) is 4.98 Å². The van der Waals surface area contributed by atoms with Crippen LogP contribution in [0.3, 0.4) is 0 Å². The van der Waals surface area contributed by atoms with Crippen LogP contribution in [0.4, 0.5) is 5.82 Å². The fourth-order valence-electron chi connectivity index (χ4n) is 1.45. The molecule has 3 nitrogen and oxygen atoms in total. The highest BCUT2D eigenvalue weighted by Crippen LogP contribution is 2.23. The van der Waals surface area contributed by atoms with Gasteiger partial charge < -0.3 is 10.1 Å². The predicted octanol–water partition coefficient (Wildman–Crippen LogP) is 3.32. The first-order chi connectivity index (χ1) is 7.79. The van der Waals surface area contributed by atoms with Crippen molar-refractivity contribution in [1.29, 1.82) is 0 Å². The monoisotopic (exact) mass is 234 g/mol. The molecule has 0 aliphatic heterocycles. The number of nitrogens with zero attached hydrogens (tertiary/aromatic N) is 1. The van der Waals surface area contributed by atoms with Crippen LogP contribution in [0.5, 0.6) is 5.75 Å². The third kappa shape index (κ3) is 2.52. The Morgan fingerprint density at radius 3 is 3.00 bits per heavy atom. The van der Waals surface area contributed by atoms with Gasteiger partial charge in [0.05, 0.1) is 13.2 Å². The lowest BCUT2D eigenvalue weighted by Crippen LogP contribution is -2.06. The number of pyridine rings is 1. The van der Waals surface area contributed by atoms with Crippen LogP contribution in [0.15, 0.2) is 35.8 Å². The Morgan fingerprint density at radius 2 is 2.31 bits per heavy atom. The largest absolute Gasteiger partial charge is 0.497 e. The van der Waals surface area contributed by atoms with Crippen LogP contribution in [-0.4, -0.2) is 12.1 Å². The minimum Gasteiger partial charge on any atom is -0.497 e. The average molecular weight is 234 g/mol. The molecule has 0 spiro atoms. The van der Waals surface area contributed by atoms with Gasteiger partial charge in [0.25, 0.3) is 0 Å². The summed E-state index contributed by atoms with van der Waals surface area (Å²) in [5.74, 6) is 1.65. The molecule has 0 saturated heterocycles. The van der Waals surface area contributed by atoms with Gasteiger partial charge in [-0.05, 0) is 24.4 Å². The second-order valence-corrected chi connectivity index (χ2v) is 4.44. The Hall–Kier alpha value is -1.55. The molecule has 2 aromatic heterocycles. The van der Waals surface area contributed by atoms with E-state index in [-0.39, 0.29) is 6.04 Å². The molecule has 0 aliphatic carbocycles. The summed E-state index contributed by atoms with van der Waals surface area (Å²) in [7, 11) is 1.65. The van der Waals surface area contributed by atoms with E-state index in [1.54, 1.807) is 24.6 Å². The van der Waals surface area contributed by atoms with Crippen LogP contribution >= 0.6 is 11.3 Å². The molecular weight excluding hydrogens is 220 g/mol. The molecule has 84 valence electrons. The molecule has 0 amide bonds. The second kappa shape index (κ2) is 4.99. The molecule has 0 aliphatic rings. The SMILES string of the molecule is COc1ccnc(NC(C)c2cccs2)c1. The number of ether oxygens (including phenoxy) is 1. The van der Waals surface area contributed by atoms with E-state index in [1.165, 1.54) is 4.88 Å². The summed E-state index contributed by atoms with van der Waals surface area (Å²) in [4.78, 5) is 5.55. The van der Waals surface area contributed by atoms with Gasteiger partial charge in [-0.3, -0.25) is 0 Å². The van der Waals surface area contributed by atoms with Gasteiger partial charge in [-0.15, -0.1) is 11.3 Å². The first kappa shape index (κ1) is 11.0. The summed E-state index contributed by atoms with van der Waals surface area (Å²) in [5.41, 5.74) is 0. The molecule has 4 heteroatoms. The highest BCUT2D eigenvalue weighted by molar-refractivity contribution is 7.10. The summed E-state index contributed by atoms with van der Waals surface area (Å²) in [6.45, 7) is 2.12. The van der Waals surface area contributed by atoms with Crippen LogP contribution in [0.2, 0.25) is 0 Å². The Bertz CT molecular complexity index is 442. The van der Waals surface area contributed by atoms with Crippen molar-refractivity contribution < 1.29 is 4.74 Å². The fraction of sp³-hybridized carbons (Fsp3) is 0.250. The molecule has 16 heavy (non-hydrogen) atoms. The van der Waals surface area contributed by atoms with Crippen LogP contribution in [0.25, 0.3) is 0 Å². The molecule has 1 atom stereocenters. The number of hydrogen-bond acceptors (Lipinski definition) is 4. The molecule has 1 N–H and O–H groups in total. The van der Waals surface area contributed by atoms with Crippen LogP contribution < -0.4 is 10.1 Å². The fourth-order valence-corrected chi connectivity index (χ4v) is 2.18. The molecular formula is C12H14N2OS. The molecule has 0 bridgehead atoms. The quantitative estimate of drug-likeness (QED) is 0.881. The number of rotatable bonds is 4. The van der Waals surface area contributed by atoms with E-state index in [1.807, 2.05) is 12.1 Å². The van der Waals surface area contributed by atoms with E-state index < -0.39 is 0 Å². The average Bonchev–Trinajstić information content (AvgIpc) is 2.83. The highest BCUT2D eigenvalue weighted by Gasteiger charge is 2.06. The maximum Gasteiger partial charge on any atom is 0.130 e. The maximum atomic E-state index is 5.15. The number of anilines is 1. The number of thiophene rings is 1. The zero-order valence-corrected chi connectivity index (χ0v) is 10.1. The Morgan fingerprint density at radius 1 is 1.44 bits per heavy atom. The lowest BCUT2D eigenvalue weighted by Gasteiger charge is -2.13.